The lowest BCUT2D eigenvalue weighted by Gasteiger charge is -2.26. The SMILES string of the molecule is CCC(CCCN1CCCCC1)c1[nH]cc[n+]1C. The Balaban J connectivity index is 1.75. The van der Waals surface area contributed by atoms with Crippen molar-refractivity contribution in [2.45, 2.75) is 51.4 Å². The maximum atomic E-state index is 3.39. The third-order valence-electron chi connectivity index (χ3n) is 4.26. The van der Waals surface area contributed by atoms with Gasteiger partial charge in [-0.15, -0.1) is 0 Å². The summed E-state index contributed by atoms with van der Waals surface area (Å²) >= 11 is 0. The maximum absolute atomic E-state index is 3.39. The topological polar surface area (TPSA) is 22.9 Å². The summed E-state index contributed by atoms with van der Waals surface area (Å²) in [5, 5.41) is 0. The lowest BCUT2D eigenvalue weighted by atomic mass is 9.99. The molecule has 0 bridgehead atoms. The summed E-state index contributed by atoms with van der Waals surface area (Å²) in [5.41, 5.74) is 0. The highest BCUT2D eigenvalue weighted by Gasteiger charge is 2.19. The van der Waals surface area contributed by atoms with Gasteiger partial charge in [0.25, 0.3) is 5.82 Å². The quantitative estimate of drug-likeness (QED) is 0.771. The summed E-state index contributed by atoms with van der Waals surface area (Å²) < 4.78 is 2.23. The number of rotatable bonds is 6. The molecule has 1 aromatic rings. The fourth-order valence-corrected chi connectivity index (χ4v) is 3.10. The van der Waals surface area contributed by atoms with Crippen LogP contribution < -0.4 is 4.57 Å². The molecule has 0 spiro atoms. The molecule has 1 saturated heterocycles. The van der Waals surface area contributed by atoms with Gasteiger partial charge in [-0.1, -0.05) is 13.3 Å². The standard InChI is InChI=1S/C15H27N3/c1-3-14(15-16-9-13-17(15)2)8-7-12-18-10-5-4-6-11-18/h9,13-14H,3-8,10-12H2,1-2H3/p+1. The molecule has 2 rings (SSSR count). The van der Waals surface area contributed by atoms with E-state index in [1.165, 1.54) is 64.0 Å². The number of nitrogens with one attached hydrogen (secondary N) is 1. The van der Waals surface area contributed by atoms with Crippen LogP contribution in [0.2, 0.25) is 0 Å². The summed E-state index contributed by atoms with van der Waals surface area (Å²) in [7, 11) is 2.14. The highest BCUT2D eigenvalue weighted by atomic mass is 15.1. The number of aryl methyl sites for hydroxylation is 1. The maximum Gasteiger partial charge on any atom is 0.257 e. The molecular formula is C15H28N3+. The van der Waals surface area contributed by atoms with Crippen molar-refractivity contribution in [1.29, 1.82) is 0 Å². The number of hydrogen-bond donors (Lipinski definition) is 1. The van der Waals surface area contributed by atoms with E-state index in [4.69, 9.17) is 0 Å². The van der Waals surface area contributed by atoms with Gasteiger partial charge in [0, 0.05) is 0 Å². The molecule has 2 heterocycles. The highest BCUT2D eigenvalue weighted by molar-refractivity contribution is 4.89. The molecule has 1 aliphatic rings. The predicted octanol–water partition coefficient (Wildman–Crippen LogP) is 2.60. The molecule has 0 aliphatic carbocycles. The number of piperidine rings is 1. The Morgan fingerprint density at radius 2 is 2.11 bits per heavy atom. The van der Waals surface area contributed by atoms with Gasteiger partial charge in [-0.3, -0.25) is 0 Å². The van der Waals surface area contributed by atoms with Crippen LogP contribution in [-0.4, -0.2) is 29.5 Å². The van der Waals surface area contributed by atoms with Gasteiger partial charge in [0.2, 0.25) is 0 Å². The molecule has 0 amide bonds. The molecule has 0 radical (unpaired) electrons. The Labute approximate surface area is 111 Å². The molecule has 18 heavy (non-hydrogen) atoms. The monoisotopic (exact) mass is 250 g/mol. The fourth-order valence-electron chi connectivity index (χ4n) is 3.10. The van der Waals surface area contributed by atoms with Crippen molar-refractivity contribution in [2.75, 3.05) is 19.6 Å². The van der Waals surface area contributed by atoms with E-state index in [1.54, 1.807) is 0 Å². The molecule has 3 heteroatoms. The van der Waals surface area contributed by atoms with Gasteiger partial charge >= 0.3 is 0 Å². The van der Waals surface area contributed by atoms with E-state index in [0.717, 1.165) is 0 Å². The molecule has 1 aliphatic heterocycles. The Bertz CT molecular complexity index is 339. The molecule has 0 saturated carbocycles. The molecule has 1 unspecified atom stereocenters. The Morgan fingerprint density at radius 1 is 1.33 bits per heavy atom. The van der Waals surface area contributed by atoms with Crippen molar-refractivity contribution in [2.24, 2.45) is 7.05 Å². The number of likely N-dealkylation sites (tertiary alicyclic amines) is 1. The minimum absolute atomic E-state index is 0.690. The van der Waals surface area contributed by atoms with Gasteiger partial charge in [0.05, 0.1) is 13.0 Å². The van der Waals surface area contributed by atoms with Crippen molar-refractivity contribution in [3.05, 3.63) is 18.2 Å². The molecule has 0 aromatic carbocycles. The molecular weight excluding hydrogens is 222 g/mol. The highest BCUT2D eigenvalue weighted by Crippen LogP contribution is 2.21. The third-order valence-corrected chi connectivity index (χ3v) is 4.26. The average molecular weight is 250 g/mol. The van der Waals surface area contributed by atoms with Crippen molar-refractivity contribution in [3.8, 4) is 0 Å². The molecule has 1 aromatic heterocycles. The van der Waals surface area contributed by atoms with Crippen molar-refractivity contribution >= 4 is 0 Å². The Hall–Kier alpha value is -0.830. The van der Waals surface area contributed by atoms with E-state index in [0.29, 0.717) is 5.92 Å². The zero-order chi connectivity index (χ0) is 12.8. The van der Waals surface area contributed by atoms with E-state index < -0.39 is 0 Å². The number of H-pyrrole nitrogens is 1. The second-order valence-corrected chi connectivity index (χ2v) is 5.61. The second kappa shape index (κ2) is 6.93. The smallest absolute Gasteiger partial charge is 0.257 e. The first-order chi connectivity index (χ1) is 8.81. The summed E-state index contributed by atoms with van der Waals surface area (Å²) in [5.74, 6) is 2.07. The fraction of sp³-hybridized carbons (Fsp3) is 0.800. The first kappa shape index (κ1) is 13.6. The van der Waals surface area contributed by atoms with Crippen LogP contribution in [0.1, 0.15) is 57.2 Å². The van der Waals surface area contributed by atoms with Crippen LogP contribution in [0.4, 0.5) is 0 Å². The molecule has 102 valence electrons. The van der Waals surface area contributed by atoms with Crippen LogP contribution in [0.25, 0.3) is 0 Å². The summed E-state index contributed by atoms with van der Waals surface area (Å²) in [6.07, 6.45) is 12.3. The van der Waals surface area contributed by atoms with Crippen molar-refractivity contribution in [3.63, 3.8) is 0 Å². The van der Waals surface area contributed by atoms with Crippen LogP contribution in [0, 0.1) is 0 Å². The Morgan fingerprint density at radius 3 is 2.72 bits per heavy atom. The summed E-state index contributed by atoms with van der Waals surface area (Å²) in [6.45, 7) is 6.24. The van der Waals surface area contributed by atoms with Crippen LogP contribution in [0.15, 0.2) is 12.4 Å². The van der Waals surface area contributed by atoms with Gasteiger partial charge in [0.15, 0.2) is 0 Å². The van der Waals surface area contributed by atoms with Gasteiger partial charge in [-0.05, 0) is 51.7 Å². The lowest BCUT2D eigenvalue weighted by molar-refractivity contribution is -0.679. The molecule has 1 N–H and O–H groups in total. The number of imidazole rings is 1. The zero-order valence-corrected chi connectivity index (χ0v) is 12.0. The lowest BCUT2D eigenvalue weighted by Crippen LogP contribution is -2.33. The molecule has 1 fully saturated rings. The van der Waals surface area contributed by atoms with E-state index in [1.807, 2.05) is 6.20 Å². The Kier molecular flexibility index (Phi) is 5.24. The van der Waals surface area contributed by atoms with Gasteiger partial charge in [-0.25, -0.2) is 9.55 Å². The molecule has 1 atom stereocenters. The minimum atomic E-state index is 0.690. The van der Waals surface area contributed by atoms with Crippen molar-refractivity contribution in [1.82, 2.24) is 9.88 Å². The minimum Gasteiger partial charge on any atom is -0.303 e. The third kappa shape index (κ3) is 3.58. The molecule has 3 nitrogen and oxygen atoms in total. The van der Waals surface area contributed by atoms with Crippen molar-refractivity contribution < 1.29 is 4.57 Å². The van der Waals surface area contributed by atoms with Gasteiger partial charge < -0.3 is 4.90 Å². The average Bonchev–Trinajstić information content (AvgIpc) is 2.82. The first-order valence-electron chi connectivity index (χ1n) is 7.56. The number of aromatic nitrogens is 2. The summed E-state index contributed by atoms with van der Waals surface area (Å²) in [6, 6.07) is 0. The first-order valence-corrected chi connectivity index (χ1v) is 7.56. The van der Waals surface area contributed by atoms with Crippen LogP contribution >= 0.6 is 0 Å². The largest absolute Gasteiger partial charge is 0.303 e. The van der Waals surface area contributed by atoms with E-state index in [-0.39, 0.29) is 0 Å². The number of aromatic amines is 1. The van der Waals surface area contributed by atoms with E-state index >= 15 is 0 Å². The summed E-state index contributed by atoms with van der Waals surface area (Å²) in [4.78, 5) is 6.04. The van der Waals surface area contributed by atoms with Crippen LogP contribution in [0.3, 0.4) is 0 Å². The van der Waals surface area contributed by atoms with Gasteiger partial charge in [-0.2, -0.15) is 0 Å². The second-order valence-electron chi connectivity index (χ2n) is 5.61. The van der Waals surface area contributed by atoms with Crippen LogP contribution in [0.5, 0.6) is 0 Å². The predicted molar refractivity (Wildman–Crippen MR) is 74.5 cm³/mol. The zero-order valence-electron chi connectivity index (χ0n) is 12.0. The van der Waals surface area contributed by atoms with Crippen LogP contribution in [-0.2, 0) is 7.05 Å². The van der Waals surface area contributed by atoms with E-state index in [2.05, 4.69) is 34.6 Å². The van der Waals surface area contributed by atoms with Gasteiger partial charge in [0.1, 0.15) is 12.4 Å². The normalized spacial score (nSPS) is 19.0. The number of hydrogen-bond acceptors (Lipinski definition) is 1. The van der Waals surface area contributed by atoms with E-state index in [9.17, 15) is 0 Å². The number of nitrogens with zero attached hydrogens (tertiary/aromatic N) is 2.